The van der Waals surface area contributed by atoms with Gasteiger partial charge in [-0.25, -0.2) is 4.98 Å². The summed E-state index contributed by atoms with van der Waals surface area (Å²) < 4.78 is 6.31. The minimum absolute atomic E-state index is 0.176. The molecular weight excluding hydrogens is 324 g/mol. The van der Waals surface area contributed by atoms with Crippen LogP contribution >= 0.6 is 27.3 Å². The molecule has 0 fully saturated rings. The molecule has 0 saturated carbocycles. The van der Waals surface area contributed by atoms with Crippen molar-refractivity contribution < 1.29 is 4.74 Å². The van der Waals surface area contributed by atoms with Gasteiger partial charge in [0.05, 0.1) is 23.4 Å². The zero-order valence-electron chi connectivity index (χ0n) is 11.2. The molecule has 1 unspecified atom stereocenters. The van der Waals surface area contributed by atoms with Gasteiger partial charge >= 0.3 is 0 Å². The number of nitrogens with zero attached hydrogens (tertiary/aromatic N) is 1. The summed E-state index contributed by atoms with van der Waals surface area (Å²) in [6.45, 7) is 4.72. The van der Waals surface area contributed by atoms with Crippen molar-refractivity contribution in [2.24, 2.45) is 0 Å². The predicted octanol–water partition coefficient (Wildman–Crippen LogP) is 4.53. The summed E-state index contributed by atoms with van der Waals surface area (Å²) in [5, 5.41) is 6.69. The van der Waals surface area contributed by atoms with Gasteiger partial charge in [0.15, 0.2) is 0 Å². The van der Waals surface area contributed by atoms with Gasteiger partial charge in [0.25, 0.3) is 0 Å². The van der Waals surface area contributed by atoms with Crippen LogP contribution in [0, 0.1) is 6.92 Å². The van der Waals surface area contributed by atoms with Gasteiger partial charge in [0.2, 0.25) is 0 Å². The van der Waals surface area contributed by atoms with E-state index < -0.39 is 0 Å². The molecule has 0 spiro atoms. The van der Waals surface area contributed by atoms with E-state index in [1.807, 2.05) is 19.1 Å². The SMILES string of the molecule is COCc1c(Br)cccc1NC(C)c1csc(C)n1. The van der Waals surface area contributed by atoms with Crippen LogP contribution in [0.5, 0.6) is 0 Å². The van der Waals surface area contributed by atoms with E-state index >= 15 is 0 Å². The fourth-order valence-corrected chi connectivity index (χ4v) is 3.06. The standard InChI is InChI=1S/C14H17BrN2OS/c1-9(14-8-19-10(2)17-14)16-13-6-4-5-12(15)11(13)7-18-3/h4-6,8-9,16H,7H2,1-3H3. The molecule has 3 nitrogen and oxygen atoms in total. The lowest BCUT2D eigenvalue weighted by Crippen LogP contribution is -2.09. The Bertz CT molecular complexity index is 556. The second-order valence-electron chi connectivity index (χ2n) is 4.36. The third-order valence-electron chi connectivity index (χ3n) is 2.86. The van der Waals surface area contributed by atoms with Crippen molar-refractivity contribution in [3.05, 3.63) is 44.3 Å². The van der Waals surface area contributed by atoms with Gasteiger partial charge in [0, 0.05) is 28.2 Å². The average molecular weight is 341 g/mol. The molecule has 2 rings (SSSR count). The van der Waals surface area contributed by atoms with Gasteiger partial charge in [0.1, 0.15) is 0 Å². The molecule has 0 aliphatic heterocycles. The molecule has 1 heterocycles. The maximum Gasteiger partial charge on any atom is 0.0898 e. The number of aromatic nitrogens is 1. The van der Waals surface area contributed by atoms with Crippen molar-refractivity contribution in [3.63, 3.8) is 0 Å². The van der Waals surface area contributed by atoms with Gasteiger partial charge in [-0.05, 0) is 26.0 Å². The van der Waals surface area contributed by atoms with Gasteiger partial charge in [-0.3, -0.25) is 0 Å². The molecule has 0 bridgehead atoms. The van der Waals surface area contributed by atoms with Crippen molar-refractivity contribution in [2.45, 2.75) is 26.5 Å². The Morgan fingerprint density at radius 1 is 1.47 bits per heavy atom. The third kappa shape index (κ3) is 3.55. The predicted molar refractivity (Wildman–Crippen MR) is 83.7 cm³/mol. The quantitative estimate of drug-likeness (QED) is 0.867. The van der Waals surface area contributed by atoms with E-state index in [1.165, 1.54) is 0 Å². The van der Waals surface area contributed by atoms with Crippen LogP contribution in [0.2, 0.25) is 0 Å². The molecule has 0 aliphatic rings. The molecule has 0 saturated heterocycles. The number of thiazole rings is 1. The first-order valence-electron chi connectivity index (χ1n) is 6.06. The number of halogens is 1. The van der Waals surface area contributed by atoms with E-state index in [0.29, 0.717) is 6.61 Å². The van der Waals surface area contributed by atoms with Crippen molar-refractivity contribution in [3.8, 4) is 0 Å². The minimum Gasteiger partial charge on any atom is -0.380 e. The largest absolute Gasteiger partial charge is 0.380 e. The third-order valence-corrected chi connectivity index (χ3v) is 4.39. The van der Waals surface area contributed by atoms with Crippen LogP contribution in [0.3, 0.4) is 0 Å². The van der Waals surface area contributed by atoms with Crippen LogP contribution in [0.25, 0.3) is 0 Å². The van der Waals surface area contributed by atoms with E-state index in [1.54, 1.807) is 18.4 Å². The van der Waals surface area contributed by atoms with E-state index in [0.717, 1.165) is 26.4 Å². The monoisotopic (exact) mass is 340 g/mol. The van der Waals surface area contributed by atoms with E-state index in [4.69, 9.17) is 4.74 Å². The number of hydrogen-bond donors (Lipinski definition) is 1. The smallest absolute Gasteiger partial charge is 0.0898 e. The van der Waals surface area contributed by atoms with Crippen LogP contribution < -0.4 is 5.32 Å². The second kappa shape index (κ2) is 6.50. The van der Waals surface area contributed by atoms with Crippen molar-refractivity contribution in [2.75, 3.05) is 12.4 Å². The average Bonchev–Trinajstić information content (AvgIpc) is 2.80. The fraction of sp³-hybridized carbons (Fsp3) is 0.357. The maximum atomic E-state index is 5.26. The molecule has 2 aromatic rings. The molecule has 102 valence electrons. The number of aryl methyl sites for hydroxylation is 1. The minimum atomic E-state index is 0.176. The van der Waals surface area contributed by atoms with Crippen molar-refractivity contribution in [1.29, 1.82) is 0 Å². The molecule has 0 amide bonds. The number of anilines is 1. The highest BCUT2D eigenvalue weighted by atomic mass is 79.9. The number of hydrogen-bond acceptors (Lipinski definition) is 4. The lowest BCUT2D eigenvalue weighted by atomic mass is 10.1. The lowest BCUT2D eigenvalue weighted by Gasteiger charge is -2.17. The number of ether oxygens (including phenoxy) is 1. The molecule has 1 aromatic heterocycles. The molecule has 5 heteroatoms. The second-order valence-corrected chi connectivity index (χ2v) is 6.27. The Morgan fingerprint density at radius 3 is 2.89 bits per heavy atom. The first-order chi connectivity index (χ1) is 9.11. The molecule has 0 radical (unpaired) electrons. The normalized spacial score (nSPS) is 12.4. The summed E-state index contributed by atoms with van der Waals surface area (Å²) in [4.78, 5) is 4.52. The molecule has 1 N–H and O–H groups in total. The number of nitrogens with one attached hydrogen (secondary N) is 1. The Labute approximate surface area is 126 Å². The Balaban J connectivity index is 2.21. The Kier molecular flexibility index (Phi) is 4.96. The van der Waals surface area contributed by atoms with Crippen LogP contribution in [0.15, 0.2) is 28.1 Å². The fourth-order valence-electron chi connectivity index (χ4n) is 1.87. The Hall–Kier alpha value is -0.910. The van der Waals surface area contributed by atoms with Gasteiger partial charge < -0.3 is 10.1 Å². The highest BCUT2D eigenvalue weighted by Gasteiger charge is 2.12. The summed E-state index contributed by atoms with van der Waals surface area (Å²) in [6, 6.07) is 6.28. The summed E-state index contributed by atoms with van der Waals surface area (Å²) in [6.07, 6.45) is 0. The first-order valence-corrected chi connectivity index (χ1v) is 7.74. The summed E-state index contributed by atoms with van der Waals surface area (Å²) >= 11 is 5.24. The summed E-state index contributed by atoms with van der Waals surface area (Å²) in [5.74, 6) is 0. The van der Waals surface area contributed by atoms with Gasteiger partial charge in [-0.1, -0.05) is 22.0 Å². The number of benzene rings is 1. The summed E-state index contributed by atoms with van der Waals surface area (Å²) in [5.41, 5.74) is 3.28. The first kappa shape index (κ1) is 14.5. The van der Waals surface area contributed by atoms with Crippen LogP contribution in [0.4, 0.5) is 5.69 Å². The van der Waals surface area contributed by atoms with E-state index in [9.17, 15) is 0 Å². The van der Waals surface area contributed by atoms with E-state index in [-0.39, 0.29) is 6.04 Å². The maximum absolute atomic E-state index is 5.26. The highest BCUT2D eigenvalue weighted by Crippen LogP contribution is 2.29. The molecule has 1 atom stereocenters. The summed E-state index contributed by atoms with van der Waals surface area (Å²) in [7, 11) is 1.70. The van der Waals surface area contributed by atoms with Crippen molar-refractivity contribution >= 4 is 33.0 Å². The van der Waals surface area contributed by atoms with Crippen molar-refractivity contribution in [1.82, 2.24) is 4.98 Å². The van der Waals surface area contributed by atoms with Crippen LogP contribution in [-0.2, 0) is 11.3 Å². The number of rotatable bonds is 5. The molecule has 0 aliphatic carbocycles. The van der Waals surface area contributed by atoms with Crippen LogP contribution in [0.1, 0.15) is 29.2 Å². The Morgan fingerprint density at radius 2 is 2.26 bits per heavy atom. The zero-order valence-corrected chi connectivity index (χ0v) is 13.6. The van der Waals surface area contributed by atoms with Gasteiger partial charge in [-0.15, -0.1) is 11.3 Å². The topological polar surface area (TPSA) is 34.1 Å². The number of methoxy groups -OCH3 is 1. The lowest BCUT2D eigenvalue weighted by molar-refractivity contribution is 0.185. The zero-order chi connectivity index (χ0) is 13.8. The van der Waals surface area contributed by atoms with Gasteiger partial charge in [-0.2, -0.15) is 0 Å². The molecule has 19 heavy (non-hydrogen) atoms. The highest BCUT2D eigenvalue weighted by molar-refractivity contribution is 9.10. The molecular formula is C14H17BrN2OS. The molecule has 1 aromatic carbocycles. The van der Waals surface area contributed by atoms with Crippen LogP contribution in [-0.4, -0.2) is 12.1 Å². The van der Waals surface area contributed by atoms with E-state index in [2.05, 4.69) is 44.6 Å².